The zero-order valence-corrected chi connectivity index (χ0v) is 36.0. The number of fused-ring (bicyclic) bond motifs is 14. The lowest BCUT2D eigenvalue weighted by Crippen LogP contribution is -1.94. The van der Waals surface area contributed by atoms with Crippen LogP contribution in [0.5, 0.6) is 0 Å². The molecular formula is C64H40N2. The molecule has 0 spiro atoms. The maximum atomic E-state index is 2.43. The van der Waals surface area contributed by atoms with Gasteiger partial charge in [0.25, 0.3) is 0 Å². The van der Waals surface area contributed by atoms with Gasteiger partial charge in [-0.25, -0.2) is 0 Å². The summed E-state index contributed by atoms with van der Waals surface area (Å²) in [5.41, 5.74) is 14.4. The molecule has 0 radical (unpaired) electrons. The van der Waals surface area contributed by atoms with Gasteiger partial charge in [0.1, 0.15) is 0 Å². The third kappa shape index (κ3) is 5.49. The van der Waals surface area contributed by atoms with E-state index in [0.717, 1.165) is 11.4 Å². The van der Waals surface area contributed by atoms with Crippen LogP contribution in [0.25, 0.3) is 131 Å². The highest BCUT2D eigenvalue weighted by Crippen LogP contribution is 2.44. The largest absolute Gasteiger partial charge is 0.309 e. The van der Waals surface area contributed by atoms with Crippen LogP contribution in [0.3, 0.4) is 0 Å². The summed E-state index contributed by atoms with van der Waals surface area (Å²) in [6.07, 6.45) is 0. The molecule has 0 atom stereocenters. The Balaban J connectivity index is 0.885. The summed E-state index contributed by atoms with van der Waals surface area (Å²) in [4.78, 5) is 0. The molecule has 2 heteroatoms. The molecule has 14 rings (SSSR count). The molecule has 0 fully saturated rings. The fourth-order valence-corrected chi connectivity index (χ4v) is 11.1. The number of nitrogens with zero attached hydrogens (tertiary/aromatic N) is 2. The fraction of sp³-hybridized carbons (Fsp3) is 0. The van der Waals surface area contributed by atoms with Gasteiger partial charge in [-0.15, -0.1) is 0 Å². The van der Waals surface area contributed by atoms with Crippen LogP contribution in [0.2, 0.25) is 0 Å². The summed E-state index contributed by atoms with van der Waals surface area (Å²) in [5.74, 6) is 0. The van der Waals surface area contributed by atoms with E-state index in [0.29, 0.717) is 0 Å². The molecule has 2 heterocycles. The lowest BCUT2D eigenvalue weighted by Gasteiger charge is -2.16. The van der Waals surface area contributed by atoms with E-state index in [4.69, 9.17) is 0 Å². The van der Waals surface area contributed by atoms with Gasteiger partial charge in [0.15, 0.2) is 0 Å². The third-order valence-corrected chi connectivity index (χ3v) is 14.1. The summed E-state index contributed by atoms with van der Waals surface area (Å²) < 4.78 is 4.84. The minimum atomic E-state index is 1.14. The molecule has 0 N–H and O–H groups in total. The van der Waals surface area contributed by atoms with Crippen LogP contribution in [0, 0.1) is 0 Å². The molecule has 0 bridgehead atoms. The van der Waals surface area contributed by atoms with Crippen molar-refractivity contribution in [2.75, 3.05) is 0 Å². The molecule has 0 amide bonds. The molecule has 66 heavy (non-hydrogen) atoms. The summed E-state index contributed by atoms with van der Waals surface area (Å²) in [6, 6.07) is 89.5. The number of hydrogen-bond donors (Lipinski definition) is 0. The van der Waals surface area contributed by atoms with Crippen molar-refractivity contribution in [2.45, 2.75) is 0 Å². The second-order valence-corrected chi connectivity index (χ2v) is 17.6. The van der Waals surface area contributed by atoms with E-state index < -0.39 is 0 Å². The van der Waals surface area contributed by atoms with Gasteiger partial charge in [0.05, 0.1) is 22.1 Å². The summed E-state index contributed by atoms with van der Waals surface area (Å²) >= 11 is 0. The van der Waals surface area contributed by atoms with Crippen LogP contribution < -0.4 is 0 Å². The predicted octanol–water partition coefficient (Wildman–Crippen LogP) is 17.5. The molecule has 0 aliphatic carbocycles. The Morgan fingerprint density at radius 3 is 1.24 bits per heavy atom. The van der Waals surface area contributed by atoms with Gasteiger partial charge in [0, 0.05) is 32.9 Å². The number of rotatable bonds is 5. The van der Waals surface area contributed by atoms with E-state index in [-0.39, 0.29) is 0 Å². The summed E-state index contributed by atoms with van der Waals surface area (Å²) in [5, 5.41) is 15.3. The van der Waals surface area contributed by atoms with Crippen molar-refractivity contribution >= 4 is 86.7 Å². The van der Waals surface area contributed by atoms with Crippen LogP contribution in [-0.4, -0.2) is 9.13 Å². The smallest absolute Gasteiger partial charge is 0.0541 e. The topological polar surface area (TPSA) is 9.86 Å². The summed E-state index contributed by atoms with van der Waals surface area (Å²) in [6.45, 7) is 0. The van der Waals surface area contributed by atoms with Crippen LogP contribution in [-0.2, 0) is 0 Å². The van der Waals surface area contributed by atoms with Crippen LogP contribution in [0.15, 0.2) is 243 Å². The first-order valence-electron chi connectivity index (χ1n) is 22.8. The van der Waals surface area contributed by atoms with Crippen molar-refractivity contribution in [3.63, 3.8) is 0 Å². The minimum Gasteiger partial charge on any atom is -0.309 e. The SMILES string of the molecule is c1ccc(-c2cccc(-n3c4ccccc4c4cc(-c5ccc6c(c5)c5ccccc5n6-c5ccc(-c6cc7c8ccccc8c8ccccc8c7c7ccccc67)cc5)ccc43)c2)cc1. The first kappa shape index (κ1) is 36.7. The Morgan fingerprint density at radius 1 is 0.197 bits per heavy atom. The third-order valence-electron chi connectivity index (χ3n) is 14.1. The molecule has 0 aliphatic heterocycles. The molecule has 12 aromatic carbocycles. The maximum absolute atomic E-state index is 2.43. The van der Waals surface area contributed by atoms with Crippen LogP contribution in [0.4, 0.5) is 0 Å². The van der Waals surface area contributed by atoms with Crippen molar-refractivity contribution in [1.29, 1.82) is 0 Å². The molecule has 2 aromatic heterocycles. The zero-order chi connectivity index (χ0) is 43.3. The number of hydrogen-bond acceptors (Lipinski definition) is 0. The van der Waals surface area contributed by atoms with E-state index in [9.17, 15) is 0 Å². The molecular weight excluding hydrogens is 797 g/mol. The van der Waals surface area contributed by atoms with Gasteiger partial charge in [-0.2, -0.15) is 0 Å². The number of benzene rings is 12. The van der Waals surface area contributed by atoms with Crippen molar-refractivity contribution in [3.05, 3.63) is 243 Å². The number of para-hydroxylation sites is 2. The Bertz CT molecular complexity index is 4260. The first-order valence-corrected chi connectivity index (χ1v) is 22.8. The zero-order valence-electron chi connectivity index (χ0n) is 36.0. The van der Waals surface area contributed by atoms with Crippen LogP contribution in [0.1, 0.15) is 0 Å². The van der Waals surface area contributed by atoms with Crippen LogP contribution >= 0.6 is 0 Å². The predicted molar refractivity (Wildman–Crippen MR) is 281 cm³/mol. The van der Waals surface area contributed by atoms with E-state index in [2.05, 4.69) is 252 Å². The molecule has 0 unspecified atom stereocenters. The van der Waals surface area contributed by atoms with Gasteiger partial charge in [-0.05, 0) is 143 Å². The lowest BCUT2D eigenvalue weighted by atomic mass is 9.87. The quantitative estimate of drug-likeness (QED) is 0.153. The van der Waals surface area contributed by atoms with E-state index in [1.165, 1.54) is 120 Å². The Hall–Kier alpha value is -8.72. The highest BCUT2D eigenvalue weighted by atomic mass is 15.0. The van der Waals surface area contributed by atoms with Crippen molar-refractivity contribution in [1.82, 2.24) is 9.13 Å². The van der Waals surface area contributed by atoms with Gasteiger partial charge < -0.3 is 9.13 Å². The van der Waals surface area contributed by atoms with Gasteiger partial charge in [-0.3, -0.25) is 0 Å². The fourth-order valence-electron chi connectivity index (χ4n) is 11.1. The molecule has 306 valence electrons. The average molecular weight is 837 g/mol. The molecule has 0 aliphatic rings. The summed E-state index contributed by atoms with van der Waals surface area (Å²) in [7, 11) is 0. The first-order chi connectivity index (χ1) is 32.7. The Labute approximate surface area is 381 Å². The van der Waals surface area contributed by atoms with Gasteiger partial charge in [0.2, 0.25) is 0 Å². The normalized spacial score (nSPS) is 11.9. The second-order valence-electron chi connectivity index (χ2n) is 17.6. The highest BCUT2D eigenvalue weighted by Gasteiger charge is 2.18. The van der Waals surface area contributed by atoms with Crippen molar-refractivity contribution < 1.29 is 0 Å². The monoisotopic (exact) mass is 836 g/mol. The lowest BCUT2D eigenvalue weighted by molar-refractivity contribution is 1.18. The van der Waals surface area contributed by atoms with E-state index in [1.807, 2.05) is 0 Å². The second kappa shape index (κ2) is 14.4. The maximum Gasteiger partial charge on any atom is 0.0541 e. The van der Waals surface area contributed by atoms with Crippen molar-refractivity contribution in [3.8, 4) is 44.8 Å². The Kier molecular flexibility index (Phi) is 8.02. The average Bonchev–Trinajstić information content (AvgIpc) is 3.91. The van der Waals surface area contributed by atoms with E-state index in [1.54, 1.807) is 0 Å². The molecule has 0 saturated carbocycles. The standard InChI is InChI=1S/C64H40N2/c1-2-15-41(16-3-1)43-17-14-18-47(37-43)66-61-28-13-11-24-53(61)58-39-45(32-36-63(58)66)44-31-35-62-57(38-44)52-23-10-12-27-60(52)65(62)46-33-29-42(30-34-46)56-40-59-50-21-5-4-19-48(50)49-20-6-8-25-54(49)64(59)55-26-9-7-22-51(55)56/h1-40H. The molecule has 0 saturated heterocycles. The van der Waals surface area contributed by atoms with E-state index >= 15 is 0 Å². The number of aromatic nitrogens is 2. The van der Waals surface area contributed by atoms with Gasteiger partial charge >= 0.3 is 0 Å². The minimum absolute atomic E-state index is 1.14. The van der Waals surface area contributed by atoms with Crippen molar-refractivity contribution in [2.24, 2.45) is 0 Å². The molecule has 14 aromatic rings. The highest BCUT2D eigenvalue weighted by molar-refractivity contribution is 6.33. The van der Waals surface area contributed by atoms with Gasteiger partial charge in [-0.1, -0.05) is 176 Å². The Morgan fingerprint density at radius 2 is 0.621 bits per heavy atom. The molecule has 2 nitrogen and oxygen atoms in total.